The van der Waals surface area contributed by atoms with Crippen molar-refractivity contribution in [3.8, 4) is 22.5 Å². The van der Waals surface area contributed by atoms with Crippen LogP contribution in [0.2, 0.25) is 0 Å². The molecule has 0 fully saturated rings. The van der Waals surface area contributed by atoms with E-state index < -0.39 is 0 Å². The van der Waals surface area contributed by atoms with E-state index in [0.717, 1.165) is 28.9 Å². The zero-order valence-electron chi connectivity index (χ0n) is 26.6. The van der Waals surface area contributed by atoms with Crippen molar-refractivity contribution in [2.24, 2.45) is 0 Å². The monoisotopic (exact) mass is 771 g/mol. The van der Waals surface area contributed by atoms with Gasteiger partial charge in [-0.25, -0.2) is 0 Å². The van der Waals surface area contributed by atoms with Gasteiger partial charge in [-0.05, 0) is 68.1 Å². The number of hydrogen-bond acceptors (Lipinski definition) is 3. The van der Waals surface area contributed by atoms with Gasteiger partial charge in [0.2, 0.25) is 11.2 Å². The van der Waals surface area contributed by atoms with Crippen molar-refractivity contribution < 1.29 is 34.6 Å². The summed E-state index contributed by atoms with van der Waals surface area (Å²) in [6.45, 7) is 12.3. The fourth-order valence-electron chi connectivity index (χ4n) is 5.71. The Bertz CT molecular complexity index is 2020. The molecule has 6 aromatic rings. The third-order valence-electron chi connectivity index (χ3n) is 7.57. The van der Waals surface area contributed by atoms with Gasteiger partial charge in [0.15, 0.2) is 12.3 Å². The number of carbonyl (C=O) groups excluding carboxylic acids is 1. The molecule has 1 aliphatic rings. The summed E-state index contributed by atoms with van der Waals surface area (Å²) < 4.78 is 2.42. The second-order valence-corrected chi connectivity index (χ2v) is 11.5. The number of hydrogen-bond donors (Lipinski definition) is 1. The van der Waals surface area contributed by atoms with Gasteiger partial charge >= 0.3 is 0 Å². The minimum absolute atomic E-state index is 0. The number of aliphatic hydroxyl groups is 1. The first-order valence-corrected chi connectivity index (χ1v) is 14.9. The number of carbonyl (C=O) groups is 1. The first kappa shape index (κ1) is 33.5. The molecule has 0 saturated heterocycles. The number of nitrogens with zero attached hydrogens (tertiary/aromatic N) is 2. The van der Waals surface area contributed by atoms with Crippen molar-refractivity contribution in [1.29, 1.82) is 0 Å². The molecule has 4 nitrogen and oxygen atoms in total. The molecular weight excluding hydrogens is 733 g/mol. The number of aliphatic hydroxyl groups excluding tert-OH is 1. The van der Waals surface area contributed by atoms with Crippen LogP contribution in [0.5, 0.6) is 0 Å². The van der Waals surface area contributed by atoms with Crippen molar-refractivity contribution >= 4 is 27.6 Å². The molecule has 45 heavy (non-hydrogen) atoms. The largest absolute Gasteiger partial charge is 0.512 e. The SMILES string of the molecule is CC(=O)C=C(C)O.Cc1[c-]c(-c2ccc3ccc(C)cc3n2)cc(C)c1.Cc1cc2[n+](c3ccccc13)Cc1ccccc1-2.[Ir]. The summed E-state index contributed by atoms with van der Waals surface area (Å²) in [7, 11) is 0. The number of rotatable bonds is 2. The average molecular weight is 771 g/mol. The van der Waals surface area contributed by atoms with Gasteiger partial charge in [0.25, 0.3) is 0 Å². The van der Waals surface area contributed by atoms with Gasteiger partial charge in [-0.3, -0.25) is 9.78 Å². The summed E-state index contributed by atoms with van der Waals surface area (Å²) in [6, 6.07) is 37.9. The number of pyridine rings is 2. The van der Waals surface area contributed by atoms with Gasteiger partial charge in [-0.1, -0.05) is 68.4 Å². The minimum atomic E-state index is -0.125. The smallest absolute Gasteiger partial charge is 0.214 e. The molecule has 0 bridgehead atoms. The van der Waals surface area contributed by atoms with Crippen LogP contribution in [0.25, 0.3) is 44.3 Å². The number of benzene rings is 4. The normalized spacial score (nSPS) is 11.4. The van der Waals surface area contributed by atoms with Gasteiger partial charge in [0, 0.05) is 49.3 Å². The molecule has 0 atom stereocenters. The second-order valence-electron chi connectivity index (χ2n) is 11.5. The van der Waals surface area contributed by atoms with Crippen molar-refractivity contribution in [3.63, 3.8) is 0 Å². The van der Waals surface area contributed by atoms with Gasteiger partial charge in [0.1, 0.15) is 0 Å². The predicted molar refractivity (Wildman–Crippen MR) is 181 cm³/mol. The third-order valence-corrected chi connectivity index (χ3v) is 7.57. The van der Waals surface area contributed by atoms with E-state index in [-0.39, 0.29) is 31.6 Å². The van der Waals surface area contributed by atoms with Gasteiger partial charge in [-0.2, -0.15) is 4.57 Å². The van der Waals surface area contributed by atoms with Crippen LogP contribution in [0.15, 0.2) is 109 Å². The Morgan fingerprint density at radius 1 is 0.844 bits per heavy atom. The van der Waals surface area contributed by atoms with E-state index in [4.69, 9.17) is 10.1 Å². The van der Waals surface area contributed by atoms with Gasteiger partial charge in [-0.15, -0.1) is 34.9 Å². The van der Waals surface area contributed by atoms with E-state index in [1.165, 1.54) is 69.7 Å². The van der Waals surface area contributed by atoms with Crippen LogP contribution in [0.4, 0.5) is 0 Å². The van der Waals surface area contributed by atoms with Gasteiger partial charge in [0.05, 0.1) is 16.8 Å². The summed E-state index contributed by atoms with van der Waals surface area (Å²) >= 11 is 0. The molecule has 4 aromatic carbocycles. The molecule has 5 heteroatoms. The molecule has 7 rings (SSSR count). The molecule has 0 unspecified atom stereocenters. The van der Waals surface area contributed by atoms with E-state index >= 15 is 0 Å². The molecule has 0 amide bonds. The van der Waals surface area contributed by atoms with E-state index in [2.05, 4.69) is 135 Å². The fourth-order valence-corrected chi connectivity index (χ4v) is 5.71. The van der Waals surface area contributed by atoms with Gasteiger partial charge < -0.3 is 5.11 Å². The van der Waals surface area contributed by atoms with Crippen LogP contribution < -0.4 is 4.57 Å². The Morgan fingerprint density at radius 3 is 2.27 bits per heavy atom. The first-order chi connectivity index (χ1) is 21.1. The third kappa shape index (κ3) is 7.99. The van der Waals surface area contributed by atoms with Crippen LogP contribution in [0, 0.1) is 33.8 Å². The Balaban J connectivity index is 0.000000167. The maximum atomic E-state index is 10.0. The van der Waals surface area contributed by atoms with Crippen LogP contribution in [0.3, 0.4) is 0 Å². The Hall–Kier alpha value is -4.44. The van der Waals surface area contributed by atoms with Crippen LogP contribution in [0.1, 0.15) is 41.7 Å². The number of para-hydroxylation sites is 1. The molecule has 229 valence electrons. The quantitative estimate of drug-likeness (QED) is 0.0827. The molecule has 0 spiro atoms. The average Bonchev–Trinajstić information content (AvgIpc) is 3.35. The zero-order chi connectivity index (χ0) is 31.4. The maximum Gasteiger partial charge on any atom is 0.214 e. The molecule has 1 N–H and O–H groups in total. The minimum Gasteiger partial charge on any atom is -0.512 e. The zero-order valence-corrected chi connectivity index (χ0v) is 29.0. The molecule has 1 radical (unpaired) electrons. The number of allylic oxidation sites excluding steroid dienone is 2. The number of ketones is 1. The fraction of sp³-hybridized carbons (Fsp3) is 0.175. The van der Waals surface area contributed by atoms with Crippen LogP contribution in [-0.2, 0) is 31.4 Å². The molecular formula is C40H38IrN2O2. The molecule has 3 heterocycles. The number of aromatic nitrogens is 2. The Labute approximate surface area is 279 Å². The standard InChI is InChI=1S/C18H16N.C17H14N.C5H8O2.Ir/c1-12-4-5-15-6-7-17(19-18(15)11-12)16-9-13(2)8-14(3)10-16;1-12-10-17-15-8-3-2-6-13(15)11-18(17)16-9-5-4-7-14(12)16;1-4(6)3-5(2)7;/h4-9,11H,1-3H3;2-10H,11H2,1H3;3,6H,1-2H3;/q-1;+1;;. The van der Waals surface area contributed by atoms with Crippen LogP contribution in [-0.4, -0.2) is 15.9 Å². The van der Waals surface area contributed by atoms with Crippen molar-refractivity contribution in [2.75, 3.05) is 0 Å². The molecule has 0 aliphatic carbocycles. The molecule has 0 saturated carbocycles. The topological polar surface area (TPSA) is 54.1 Å². The van der Waals surface area contributed by atoms with E-state index in [1.54, 1.807) is 0 Å². The van der Waals surface area contributed by atoms with E-state index in [1.807, 2.05) is 0 Å². The van der Waals surface area contributed by atoms with Crippen molar-refractivity contribution in [3.05, 3.63) is 143 Å². The summed E-state index contributed by atoms with van der Waals surface area (Å²) in [5.74, 6) is -0.0625. The molecule has 2 aromatic heterocycles. The maximum absolute atomic E-state index is 10.0. The number of fused-ring (bicyclic) bond motifs is 6. The Kier molecular flexibility index (Phi) is 10.8. The summed E-state index contributed by atoms with van der Waals surface area (Å²) in [6.07, 6.45) is 1.17. The van der Waals surface area contributed by atoms with Crippen LogP contribution >= 0.6 is 0 Å². The number of aryl methyl sites for hydroxylation is 4. The molecule has 1 aliphatic heterocycles. The first-order valence-electron chi connectivity index (χ1n) is 14.9. The second kappa shape index (κ2) is 14.6. The predicted octanol–water partition coefficient (Wildman–Crippen LogP) is 9.13. The van der Waals surface area contributed by atoms with Crippen molar-refractivity contribution in [2.45, 2.75) is 48.1 Å². The van der Waals surface area contributed by atoms with E-state index in [0.29, 0.717) is 0 Å². The summed E-state index contributed by atoms with van der Waals surface area (Å²) in [5.41, 5.74) is 13.6. The summed E-state index contributed by atoms with van der Waals surface area (Å²) in [5, 5.41) is 10.9. The van der Waals surface area contributed by atoms with Crippen molar-refractivity contribution in [1.82, 2.24) is 4.98 Å². The summed E-state index contributed by atoms with van der Waals surface area (Å²) in [4.78, 5) is 14.8. The Morgan fingerprint density at radius 2 is 1.56 bits per heavy atom. The van der Waals surface area contributed by atoms with E-state index in [9.17, 15) is 4.79 Å².